The van der Waals surface area contributed by atoms with E-state index < -0.39 is 0 Å². The lowest BCUT2D eigenvalue weighted by molar-refractivity contribution is 0.529. The molecule has 1 rings (SSSR count). The van der Waals surface area contributed by atoms with Crippen molar-refractivity contribution in [3.8, 4) is 0 Å². The molecule has 2 heteroatoms. The van der Waals surface area contributed by atoms with Crippen molar-refractivity contribution in [1.29, 1.82) is 0 Å². The van der Waals surface area contributed by atoms with Crippen LogP contribution in [0.5, 0.6) is 0 Å². The van der Waals surface area contributed by atoms with Gasteiger partial charge in [0.2, 0.25) is 0 Å². The Morgan fingerprint density at radius 2 is 2.33 bits per heavy atom. The number of nitrogens with one attached hydrogen (secondary N) is 1. The van der Waals surface area contributed by atoms with Gasteiger partial charge in [0.15, 0.2) is 0 Å². The van der Waals surface area contributed by atoms with E-state index >= 15 is 0 Å². The smallest absolute Gasteiger partial charge is 0.0541 e. The van der Waals surface area contributed by atoms with Gasteiger partial charge in [-0.05, 0) is 25.5 Å². The van der Waals surface area contributed by atoms with E-state index in [1.54, 1.807) is 0 Å². The minimum Gasteiger partial charge on any atom is -0.309 e. The van der Waals surface area contributed by atoms with Crippen LogP contribution in [0.1, 0.15) is 26.0 Å². The quantitative estimate of drug-likeness (QED) is 0.736. The first kappa shape index (κ1) is 9.20. The van der Waals surface area contributed by atoms with Crippen LogP contribution in [0.15, 0.2) is 24.4 Å². The van der Waals surface area contributed by atoms with Crippen molar-refractivity contribution in [3.05, 3.63) is 30.1 Å². The van der Waals surface area contributed by atoms with E-state index in [1.807, 2.05) is 24.4 Å². The van der Waals surface area contributed by atoms with Crippen LogP contribution in [-0.4, -0.2) is 11.0 Å². The zero-order valence-electron chi connectivity index (χ0n) is 7.75. The van der Waals surface area contributed by atoms with Crippen molar-refractivity contribution >= 4 is 0 Å². The predicted octanol–water partition coefficient (Wildman–Crippen LogP) is 1.97. The Labute approximate surface area is 74.0 Å². The standard InChI is InChI=1S/C10H16N2/c1-3-9(2)12-8-10-6-4-5-7-11-10/h4-7,9,12H,3,8H2,1-2H3/t9-/m0/s1. The molecule has 0 saturated heterocycles. The van der Waals surface area contributed by atoms with Gasteiger partial charge in [-0.15, -0.1) is 0 Å². The molecule has 1 aromatic rings. The first-order chi connectivity index (χ1) is 5.83. The van der Waals surface area contributed by atoms with Crippen LogP contribution in [0.3, 0.4) is 0 Å². The second kappa shape index (κ2) is 4.88. The molecule has 1 N–H and O–H groups in total. The van der Waals surface area contributed by atoms with Gasteiger partial charge in [-0.1, -0.05) is 13.0 Å². The minimum absolute atomic E-state index is 0.576. The van der Waals surface area contributed by atoms with Gasteiger partial charge >= 0.3 is 0 Å². The molecule has 12 heavy (non-hydrogen) atoms. The summed E-state index contributed by atoms with van der Waals surface area (Å²) in [7, 11) is 0. The number of hydrogen-bond acceptors (Lipinski definition) is 2. The van der Waals surface area contributed by atoms with Gasteiger partial charge < -0.3 is 5.32 Å². The molecule has 0 aliphatic carbocycles. The summed E-state index contributed by atoms with van der Waals surface area (Å²) in [6.07, 6.45) is 2.99. The summed E-state index contributed by atoms with van der Waals surface area (Å²) in [5.74, 6) is 0. The lowest BCUT2D eigenvalue weighted by Gasteiger charge is -2.09. The maximum Gasteiger partial charge on any atom is 0.0541 e. The Balaban J connectivity index is 2.33. The highest BCUT2D eigenvalue weighted by Gasteiger charge is 1.97. The van der Waals surface area contributed by atoms with Gasteiger partial charge in [-0.25, -0.2) is 0 Å². The highest BCUT2D eigenvalue weighted by Crippen LogP contribution is 1.94. The molecule has 0 saturated carbocycles. The van der Waals surface area contributed by atoms with Crippen molar-refractivity contribution in [3.63, 3.8) is 0 Å². The molecule has 0 aliphatic heterocycles. The van der Waals surface area contributed by atoms with Crippen LogP contribution in [0, 0.1) is 0 Å². The Morgan fingerprint density at radius 1 is 1.50 bits per heavy atom. The van der Waals surface area contributed by atoms with Crippen molar-refractivity contribution in [2.24, 2.45) is 0 Å². The van der Waals surface area contributed by atoms with Gasteiger partial charge in [-0.3, -0.25) is 4.98 Å². The highest BCUT2D eigenvalue weighted by molar-refractivity contribution is 5.02. The molecule has 0 fully saturated rings. The summed E-state index contributed by atoms with van der Waals surface area (Å²) >= 11 is 0. The predicted molar refractivity (Wildman–Crippen MR) is 50.8 cm³/mol. The monoisotopic (exact) mass is 164 g/mol. The van der Waals surface area contributed by atoms with Crippen LogP contribution >= 0.6 is 0 Å². The molecule has 1 aromatic heterocycles. The average Bonchev–Trinajstić information content (AvgIpc) is 2.16. The van der Waals surface area contributed by atoms with E-state index in [9.17, 15) is 0 Å². The zero-order valence-corrected chi connectivity index (χ0v) is 7.75. The molecule has 0 amide bonds. The third kappa shape index (κ3) is 3.01. The number of rotatable bonds is 4. The number of pyridine rings is 1. The van der Waals surface area contributed by atoms with Gasteiger partial charge in [0.1, 0.15) is 0 Å². The molecule has 2 nitrogen and oxygen atoms in total. The summed E-state index contributed by atoms with van der Waals surface area (Å²) < 4.78 is 0. The largest absolute Gasteiger partial charge is 0.309 e. The maximum atomic E-state index is 4.22. The molecule has 0 bridgehead atoms. The maximum absolute atomic E-state index is 4.22. The van der Waals surface area contributed by atoms with Gasteiger partial charge in [0, 0.05) is 18.8 Å². The SMILES string of the molecule is CC[C@H](C)NCc1ccccn1. The molecule has 66 valence electrons. The Morgan fingerprint density at radius 3 is 2.92 bits per heavy atom. The Hall–Kier alpha value is -0.890. The number of hydrogen-bond donors (Lipinski definition) is 1. The van der Waals surface area contributed by atoms with Crippen LogP contribution in [0.25, 0.3) is 0 Å². The van der Waals surface area contributed by atoms with Gasteiger partial charge in [0.05, 0.1) is 5.69 Å². The molecular weight excluding hydrogens is 148 g/mol. The molecule has 0 aliphatic rings. The zero-order chi connectivity index (χ0) is 8.81. The fourth-order valence-electron chi connectivity index (χ4n) is 0.926. The summed E-state index contributed by atoms with van der Waals surface area (Å²) in [6, 6.07) is 6.56. The molecular formula is C10H16N2. The fraction of sp³-hybridized carbons (Fsp3) is 0.500. The Bertz CT molecular complexity index is 208. The van der Waals surface area contributed by atoms with Gasteiger partial charge in [-0.2, -0.15) is 0 Å². The summed E-state index contributed by atoms with van der Waals surface area (Å²) in [5.41, 5.74) is 1.11. The van der Waals surface area contributed by atoms with Crippen molar-refractivity contribution in [1.82, 2.24) is 10.3 Å². The van der Waals surface area contributed by atoms with Crippen molar-refractivity contribution < 1.29 is 0 Å². The van der Waals surface area contributed by atoms with Crippen LogP contribution in [-0.2, 0) is 6.54 Å². The summed E-state index contributed by atoms with van der Waals surface area (Å²) in [5, 5.41) is 3.39. The van der Waals surface area contributed by atoms with Gasteiger partial charge in [0.25, 0.3) is 0 Å². The van der Waals surface area contributed by atoms with E-state index in [2.05, 4.69) is 24.1 Å². The van der Waals surface area contributed by atoms with E-state index in [0.717, 1.165) is 18.7 Å². The summed E-state index contributed by atoms with van der Waals surface area (Å²) in [6.45, 7) is 5.23. The van der Waals surface area contributed by atoms with Crippen molar-refractivity contribution in [2.45, 2.75) is 32.9 Å². The third-order valence-corrected chi connectivity index (χ3v) is 1.97. The van der Waals surface area contributed by atoms with E-state index in [-0.39, 0.29) is 0 Å². The van der Waals surface area contributed by atoms with E-state index in [0.29, 0.717) is 6.04 Å². The highest BCUT2D eigenvalue weighted by atomic mass is 14.9. The van der Waals surface area contributed by atoms with Crippen LogP contribution < -0.4 is 5.32 Å². The first-order valence-corrected chi connectivity index (χ1v) is 4.46. The van der Waals surface area contributed by atoms with Crippen LogP contribution in [0.2, 0.25) is 0 Å². The molecule has 0 aromatic carbocycles. The second-order valence-corrected chi connectivity index (χ2v) is 3.01. The second-order valence-electron chi connectivity index (χ2n) is 3.01. The molecule has 0 unspecified atom stereocenters. The normalized spacial score (nSPS) is 12.8. The van der Waals surface area contributed by atoms with E-state index in [1.165, 1.54) is 0 Å². The third-order valence-electron chi connectivity index (χ3n) is 1.97. The molecule has 1 heterocycles. The Kier molecular flexibility index (Phi) is 3.74. The average molecular weight is 164 g/mol. The minimum atomic E-state index is 0.576. The van der Waals surface area contributed by atoms with E-state index in [4.69, 9.17) is 0 Å². The number of nitrogens with zero attached hydrogens (tertiary/aromatic N) is 1. The number of aromatic nitrogens is 1. The lowest BCUT2D eigenvalue weighted by atomic mass is 10.2. The summed E-state index contributed by atoms with van der Waals surface area (Å²) in [4.78, 5) is 4.22. The topological polar surface area (TPSA) is 24.9 Å². The molecule has 1 atom stereocenters. The van der Waals surface area contributed by atoms with Crippen molar-refractivity contribution in [2.75, 3.05) is 0 Å². The fourth-order valence-corrected chi connectivity index (χ4v) is 0.926. The first-order valence-electron chi connectivity index (χ1n) is 4.46. The molecule has 0 radical (unpaired) electrons. The lowest BCUT2D eigenvalue weighted by Crippen LogP contribution is -2.24. The molecule has 0 spiro atoms. The van der Waals surface area contributed by atoms with Crippen LogP contribution in [0.4, 0.5) is 0 Å².